The van der Waals surface area contributed by atoms with E-state index < -0.39 is 29.9 Å². The van der Waals surface area contributed by atoms with Crippen molar-refractivity contribution in [1.29, 1.82) is 0 Å². The average Bonchev–Trinajstić information content (AvgIpc) is 2.74. The summed E-state index contributed by atoms with van der Waals surface area (Å²) in [6.45, 7) is 1.21. The zero-order valence-corrected chi connectivity index (χ0v) is 20.7. The Bertz CT molecular complexity index is 1450. The lowest BCUT2D eigenvalue weighted by atomic mass is 10.3. The van der Waals surface area contributed by atoms with Crippen LogP contribution < -0.4 is 5.32 Å². The number of hydrogen-bond donors (Lipinski definition) is 1. The molecule has 0 radical (unpaired) electrons. The predicted octanol–water partition coefficient (Wildman–Crippen LogP) is 1.26. The maximum Gasteiger partial charge on any atom is 0.286 e. The van der Waals surface area contributed by atoms with Gasteiger partial charge in [0.2, 0.25) is 10.0 Å². The number of sulfonamides is 2. The fraction of sp³-hybridized carbons (Fsp3) is 0.316. The Morgan fingerprint density at radius 1 is 1.00 bits per heavy atom. The van der Waals surface area contributed by atoms with Crippen molar-refractivity contribution in [2.24, 2.45) is 4.40 Å². The third-order valence-corrected chi connectivity index (χ3v) is 9.90. The van der Waals surface area contributed by atoms with Crippen LogP contribution in [0.1, 0.15) is 0 Å². The van der Waals surface area contributed by atoms with E-state index in [-0.39, 0.29) is 45.2 Å². The van der Waals surface area contributed by atoms with E-state index in [1.54, 1.807) is 12.1 Å². The average molecular weight is 533 g/mol. The topological polar surface area (TPSA) is 133 Å². The zero-order chi connectivity index (χ0) is 24.0. The van der Waals surface area contributed by atoms with Crippen LogP contribution in [0.4, 0.5) is 5.69 Å². The van der Waals surface area contributed by atoms with E-state index in [0.717, 1.165) is 12.3 Å². The molecular formula is C19H21ClN4O6S3. The van der Waals surface area contributed by atoms with Gasteiger partial charge in [-0.15, -0.1) is 4.40 Å². The molecule has 1 saturated heterocycles. The van der Waals surface area contributed by atoms with Crippen molar-refractivity contribution in [3.63, 3.8) is 0 Å². The molecule has 0 spiro atoms. The fourth-order valence-corrected chi connectivity index (χ4v) is 7.22. The Kier molecular flexibility index (Phi) is 6.31. The van der Waals surface area contributed by atoms with Gasteiger partial charge in [-0.2, -0.15) is 12.7 Å². The summed E-state index contributed by atoms with van der Waals surface area (Å²) in [7, 11) is -11.3. The number of piperazine rings is 1. The van der Waals surface area contributed by atoms with Gasteiger partial charge >= 0.3 is 0 Å². The Morgan fingerprint density at radius 3 is 2.33 bits per heavy atom. The number of rotatable bonds is 5. The Hall–Kier alpha value is -2.03. The molecule has 0 aromatic heterocycles. The van der Waals surface area contributed by atoms with E-state index in [1.807, 2.05) is 4.90 Å². The smallest absolute Gasteiger partial charge is 0.286 e. The highest BCUT2D eigenvalue weighted by Gasteiger charge is 2.31. The lowest BCUT2D eigenvalue weighted by Crippen LogP contribution is -2.50. The van der Waals surface area contributed by atoms with Crippen LogP contribution in [0.15, 0.2) is 61.5 Å². The van der Waals surface area contributed by atoms with Crippen LogP contribution in [-0.4, -0.2) is 79.3 Å². The SMILES string of the molecule is CS(=O)(=O)c1cccc(S(=O)(=O)N2CCN(CC3=NS(=O)(=O)c4cc(Cl)ccc4N3)CC2)c1. The minimum absolute atomic E-state index is 0.00554. The van der Waals surface area contributed by atoms with E-state index >= 15 is 0 Å². The number of benzene rings is 2. The highest BCUT2D eigenvalue weighted by atomic mass is 35.5. The van der Waals surface area contributed by atoms with Crippen molar-refractivity contribution in [3.05, 3.63) is 47.5 Å². The minimum atomic E-state index is -3.89. The molecule has 1 fully saturated rings. The van der Waals surface area contributed by atoms with E-state index in [4.69, 9.17) is 11.6 Å². The van der Waals surface area contributed by atoms with Crippen LogP contribution in [0.3, 0.4) is 0 Å². The molecular weight excluding hydrogens is 512 g/mol. The monoisotopic (exact) mass is 532 g/mol. The first-order valence-corrected chi connectivity index (χ1v) is 14.9. The summed E-state index contributed by atoms with van der Waals surface area (Å²) in [6.07, 6.45) is 1.02. The summed E-state index contributed by atoms with van der Waals surface area (Å²) in [4.78, 5) is 1.75. The molecule has 33 heavy (non-hydrogen) atoms. The minimum Gasteiger partial charge on any atom is -0.341 e. The van der Waals surface area contributed by atoms with Gasteiger partial charge in [0.1, 0.15) is 10.7 Å². The van der Waals surface area contributed by atoms with Crippen molar-refractivity contribution in [1.82, 2.24) is 9.21 Å². The van der Waals surface area contributed by atoms with E-state index in [1.165, 1.54) is 28.6 Å². The summed E-state index contributed by atoms with van der Waals surface area (Å²) < 4.78 is 79.6. The van der Waals surface area contributed by atoms with Crippen LogP contribution in [0, 0.1) is 0 Å². The molecule has 2 aromatic rings. The molecule has 2 aliphatic rings. The number of fused-ring (bicyclic) bond motifs is 1. The molecule has 10 nitrogen and oxygen atoms in total. The second-order valence-corrected chi connectivity index (χ2v) is 13.7. The summed E-state index contributed by atoms with van der Waals surface area (Å²) in [5, 5.41) is 3.29. The molecule has 0 saturated carbocycles. The molecule has 0 bridgehead atoms. The molecule has 4 rings (SSSR count). The number of nitrogens with zero attached hydrogens (tertiary/aromatic N) is 3. The molecule has 0 atom stereocenters. The van der Waals surface area contributed by atoms with Crippen LogP contribution in [-0.2, 0) is 29.9 Å². The lowest BCUT2D eigenvalue weighted by Gasteiger charge is -2.34. The van der Waals surface area contributed by atoms with E-state index in [2.05, 4.69) is 9.71 Å². The Morgan fingerprint density at radius 2 is 1.67 bits per heavy atom. The Balaban J connectivity index is 1.45. The second-order valence-electron chi connectivity index (χ2n) is 7.71. The van der Waals surface area contributed by atoms with Crippen LogP contribution in [0.2, 0.25) is 5.02 Å². The van der Waals surface area contributed by atoms with Gasteiger partial charge in [0, 0.05) is 37.5 Å². The molecule has 2 heterocycles. The van der Waals surface area contributed by atoms with Crippen LogP contribution >= 0.6 is 11.6 Å². The maximum absolute atomic E-state index is 13.0. The highest BCUT2D eigenvalue weighted by Crippen LogP contribution is 2.30. The van der Waals surface area contributed by atoms with Crippen molar-refractivity contribution in [3.8, 4) is 0 Å². The van der Waals surface area contributed by atoms with E-state index in [9.17, 15) is 25.3 Å². The van der Waals surface area contributed by atoms with Gasteiger partial charge in [0.25, 0.3) is 10.0 Å². The number of halogens is 1. The van der Waals surface area contributed by atoms with E-state index in [0.29, 0.717) is 18.8 Å². The summed E-state index contributed by atoms with van der Waals surface area (Å²) in [6, 6.07) is 9.76. The molecule has 2 aromatic carbocycles. The summed E-state index contributed by atoms with van der Waals surface area (Å²) in [5.74, 6) is 0.238. The number of hydrogen-bond acceptors (Lipinski definition) is 8. The lowest BCUT2D eigenvalue weighted by molar-refractivity contribution is 0.209. The maximum atomic E-state index is 13.0. The van der Waals surface area contributed by atoms with Crippen molar-refractivity contribution < 1.29 is 25.3 Å². The molecule has 2 aliphatic heterocycles. The third kappa shape index (κ3) is 5.08. The molecule has 0 amide bonds. The quantitative estimate of drug-likeness (QED) is 0.608. The van der Waals surface area contributed by atoms with Gasteiger partial charge in [-0.05, 0) is 36.4 Å². The fourth-order valence-electron chi connectivity index (χ4n) is 3.61. The largest absolute Gasteiger partial charge is 0.341 e. The molecule has 1 N–H and O–H groups in total. The van der Waals surface area contributed by atoms with Gasteiger partial charge < -0.3 is 5.32 Å². The summed E-state index contributed by atoms with van der Waals surface area (Å²) >= 11 is 5.89. The van der Waals surface area contributed by atoms with Gasteiger partial charge in [-0.3, -0.25) is 4.90 Å². The van der Waals surface area contributed by atoms with Gasteiger partial charge in [0.15, 0.2) is 9.84 Å². The van der Waals surface area contributed by atoms with Crippen molar-refractivity contribution in [2.75, 3.05) is 44.3 Å². The predicted molar refractivity (Wildman–Crippen MR) is 124 cm³/mol. The standard InChI is InChI=1S/C19H21ClN4O6S3/c1-31(25,26)15-3-2-4-16(12-15)33(29,30)24-9-7-23(8-10-24)13-19-21-17-6-5-14(20)11-18(17)32(27,28)22-19/h2-6,11-12H,7-10,13H2,1H3,(H,21,22). The molecule has 178 valence electrons. The number of amidine groups is 1. The zero-order valence-electron chi connectivity index (χ0n) is 17.5. The van der Waals surface area contributed by atoms with Crippen molar-refractivity contribution in [2.45, 2.75) is 14.7 Å². The van der Waals surface area contributed by atoms with Gasteiger partial charge in [-0.1, -0.05) is 17.7 Å². The van der Waals surface area contributed by atoms with Gasteiger partial charge in [-0.25, -0.2) is 16.8 Å². The normalized spacial score (nSPS) is 19.4. The summed E-state index contributed by atoms with van der Waals surface area (Å²) in [5.41, 5.74) is 0.386. The number of anilines is 1. The third-order valence-electron chi connectivity index (χ3n) is 5.31. The van der Waals surface area contributed by atoms with Gasteiger partial charge in [0.05, 0.1) is 22.0 Å². The van der Waals surface area contributed by atoms with Crippen molar-refractivity contribution >= 4 is 53.0 Å². The first kappa shape index (κ1) is 24.1. The molecule has 0 unspecified atom stereocenters. The Labute approximate surface area is 197 Å². The highest BCUT2D eigenvalue weighted by molar-refractivity contribution is 7.91. The second kappa shape index (κ2) is 8.64. The van der Waals surface area contributed by atoms with Crippen LogP contribution in [0.5, 0.6) is 0 Å². The molecule has 0 aliphatic carbocycles. The number of sulfone groups is 1. The first-order chi connectivity index (χ1) is 15.4. The molecule has 14 heteroatoms. The first-order valence-electron chi connectivity index (χ1n) is 9.79. The van der Waals surface area contributed by atoms with Crippen LogP contribution in [0.25, 0.3) is 0 Å². The number of nitrogens with one attached hydrogen (secondary N) is 1.